The Kier molecular flexibility index (Phi) is 7.28. The molecule has 0 aliphatic carbocycles. The third kappa shape index (κ3) is 6.64. The number of aryl methyl sites for hydroxylation is 2. The first-order chi connectivity index (χ1) is 16.2. The van der Waals surface area contributed by atoms with Crippen molar-refractivity contribution in [2.45, 2.75) is 27.1 Å². The largest absolute Gasteiger partial charge is 0.485 e. The van der Waals surface area contributed by atoms with Crippen molar-refractivity contribution in [2.75, 3.05) is 5.43 Å². The van der Waals surface area contributed by atoms with E-state index in [0.29, 0.717) is 30.7 Å². The van der Waals surface area contributed by atoms with Gasteiger partial charge in [-0.25, -0.2) is 15.4 Å². The molecule has 166 valence electrons. The van der Waals surface area contributed by atoms with Gasteiger partial charge in [0.15, 0.2) is 11.5 Å². The highest BCUT2D eigenvalue weighted by Gasteiger charge is 2.08. The lowest BCUT2D eigenvalue weighted by atomic mass is 10.2. The summed E-state index contributed by atoms with van der Waals surface area (Å²) in [7, 11) is 0. The van der Waals surface area contributed by atoms with E-state index in [1.54, 1.807) is 6.21 Å². The van der Waals surface area contributed by atoms with Crippen LogP contribution in [0.5, 0.6) is 11.5 Å². The van der Waals surface area contributed by atoms with Gasteiger partial charge in [-0.2, -0.15) is 5.10 Å². The lowest BCUT2D eigenvalue weighted by molar-refractivity contribution is 0.256. The van der Waals surface area contributed by atoms with E-state index < -0.39 is 0 Å². The van der Waals surface area contributed by atoms with Gasteiger partial charge in [-0.3, -0.25) is 0 Å². The van der Waals surface area contributed by atoms with Crippen LogP contribution in [-0.4, -0.2) is 16.2 Å². The van der Waals surface area contributed by atoms with Gasteiger partial charge in [0.05, 0.1) is 6.21 Å². The molecule has 3 aromatic carbocycles. The molecule has 6 nitrogen and oxygen atoms in total. The summed E-state index contributed by atoms with van der Waals surface area (Å²) in [5.41, 5.74) is 7.70. The molecule has 4 aromatic rings. The summed E-state index contributed by atoms with van der Waals surface area (Å²) in [4.78, 5) is 8.66. The molecule has 0 bridgehead atoms. The van der Waals surface area contributed by atoms with Gasteiger partial charge in [0.1, 0.15) is 13.2 Å². The van der Waals surface area contributed by atoms with Crippen LogP contribution in [0.1, 0.15) is 28.1 Å². The number of nitrogens with one attached hydrogen (secondary N) is 1. The van der Waals surface area contributed by atoms with E-state index >= 15 is 0 Å². The predicted octanol–water partition coefficient (Wildman–Crippen LogP) is 5.70. The molecule has 0 saturated carbocycles. The van der Waals surface area contributed by atoms with E-state index in [2.05, 4.69) is 20.5 Å². The van der Waals surface area contributed by atoms with Crippen LogP contribution in [0.2, 0.25) is 0 Å². The molecule has 0 radical (unpaired) electrons. The maximum atomic E-state index is 6.12. The summed E-state index contributed by atoms with van der Waals surface area (Å²) in [6, 6.07) is 27.8. The molecular weight excluding hydrogens is 412 g/mol. The molecule has 1 heterocycles. The van der Waals surface area contributed by atoms with Gasteiger partial charge in [0, 0.05) is 11.4 Å². The Morgan fingerprint density at radius 1 is 0.727 bits per heavy atom. The average Bonchev–Trinajstić information content (AvgIpc) is 2.83. The monoisotopic (exact) mass is 438 g/mol. The summed E-state index contributed by atoms with van der Waals surface area (Å²) in [6.45, 7) is 4.75. The first-order valence-corrected chi connectivity index (χ1v) is 10.7. The number of rotatable bonds is 9. The topological polar surface area (TPSA) is 68.6 Å². The second-order valence-electron chi connectivity index (χ2n) is 7.60. The van der Waals surface area contributed by atoms with E-state index in [-0.39, 0.29) is 0 Å². The SMILES string of the molecule is Cc1cc(C)nc(N/N=C/c2ccc(OCc3ccccc3)c(OCc3ccccc3)c2)n1. The van der Waals surface area contributed by atoms with Gasteiger partial charge in [-0.1, -0.05) is 60.7 Å². The molecule has 0 amide bonds. The van der Waals surface area contributed by atoms with Crippen molar-refractivity contribution >= 4 is 12.2 Å². The Morgan fingerprint density at radius 2 is 1.30 bits per heavy atom. The standard InChI is InChI=1S/C27H26N4O2/c1-20-15-21(2)30-27(29-20)31-28-17-24-13-14-25(32-18-22-9-5-3-6-10-22)26(16-24)33-19-23-11-7-4-8-12-23/h3-17H,18-19H2,1-2H3,(H,29,30,31)/b28-17+. The van der Waals surface area contributed by atoms with Crippen LogP contribution in [0, 0.1) is 13.8 Å². The second-order valence-corrected chi connectivity index (χ2v) is 7.60. The van der Waals surface area contributed by atoms with Crippen LogP contribution < -0.4 is 14.9 Å². The first kappa shape index (κ1) is 22.0. The molecule has 0 atom stereocenters. The van der Waals surface area contributed by atoms with Gasteiger partial charge < -0.3 is 9.47 Å². The van der Waals surface area contributed by atoms with E-state index in [1.165, 1.54) is 0 Å². The van der Waals surface area contributed by atoms with Crippen molar-refractivity contribution in [2.24, 2.45) is 5.10 Å². The third-order valence-electron chi connectivity index (χ3n) is 4.80. The van der Waals surface area contributed by atoms with Crippen molar-refractivity contribution in [3.05, 3.63) is 113 Å². The maximum absolute atomic E-state index is 6.12. The molecule has 0 aliphatic rings. The summed E-state index contributed by atoms with van der Waals surface area (Å²) in [5, 5.41) is 4.28. The lowest BCUT2D eigenvalue weighted by Gasteiger charge is -2.14. The quantitative estimate of drug-likeness (QED) is 0.268. The molecule has 0 saturated heterocycles. The number of hydrogen-bond donors (Lipinski definition) is 1. The fraction of sp³-hybridized carbons (Fsp3) is 0.148. The molecule has 1 aromatic heterocycles. The van der Waals surface area contributed by atoms with Gasteiger partial charge in [-0.05, 0) is 54.8 Å². The minimum absolute atomic E-state index is 0.442. The van der Waals surface area contributed by atoms with E-state index in [1.807, 2.05) is 98.8 Å². The van der Waals surface area contributed by atoms with Gasteiger partial charge in [0.25, 0.3) is 0 Å². The molecule has 6 heteroatoms. The smallest absolute Gasteiger partial charge is 0.243 e. The highest BCUT2D eigenvalue weighted by atomic mass is 16.5. The minimum atomic E-state index is 0.442. The fourth-order valence-electron chi connectivity index (χ4n) is 3.25. The average molecular weight is 439 g/mol. The Labute approximate surface area is 194 Å². The molecule has 0 unspecified atom stereocenters. The number of anilines is 1. The molecular formula is C27H26N4O2. The number of nitrogens with zero attached hydrogens (tertiary/aromatic N) is 3. The van der Waals surface area contributed by atoms with Crippen LogP contribution in [0.15, 0.2) is 90.0 Å². The van der Waals surface area contributed by atoms with Crippen LogP contribution >= 0.6 is 0 Å². The van der Waals surface area contributed by atoms with Crippen LogP contribution in [-0.2, 0) is 13.2 Å². The number of hydrazone groups is 1. The molecule has 4 rings (SSSR count). The van der Waals surface area contributed by atoms with Crippen LogP contribution in [0.4, 0.5) is 5.95 Å². The Morgan fingerprint density at radius 3 is 1.91 bits per heavy atom. The normalized spacial score (nSPS) is 10.8. The highest BCUT2D eigenvalue weighted by molar-refractivity contribution is 5.81. The van der Waals surface area contributed by atoms with Crippen molar-refractivity contribution in [1.29, 1.82) is 0 Å². The summed E-state index contributed by atoms with van der Waals surface area (Å²) in [6.07, 6.45) is 1.71. The van der Waals surface area contributed by atoms with Gasteiger partial charge >= 0.3 is 0 Å². The van der Waals surface area contributed by atoms with Crippen molar-refractivity contribution in [3.63, 3.8) is 0 Å². The zero-order chi connectivity index (χ0) is 22.9. The first-order valence-electron chi connectivity index (χ1n) is 10.7. The van der Waals surface area contributed by atoms with Crippen molar-refractivity contribution in [1.82, 2.24) is 9.97 Å². The maximum Gasteiger partial charge on any atom is 0.243 e. The zero-order valence-electron chi connectivity index (χ0n) is 18.7. The zero-order valence-corrected chi connectivity index (χ0v) is 18.7. The summed E-state index contributed by atoms with van der Waals surface area (Å²) < 4.78 is 12.2. The Balaban J connectivity index is 1.49. The molecule has 0 aliphatic heterocycles. The molecule has 1 N–H and O–H groups in total. The van der Waals surface area contributed by atoms with Gasteiger partial charge in [0.2, 0.25) is 5.95 Å². The Hall–Kier alpha value is -4.19. The molecule has 33 heavy (non-hydrogen) atoms. The molecule has 0 spiro atoms. The summed E-state index contributed by atoms with van der Waals surface area (Å²) >= 11 is 0. The summed E-state index contributed by atoms with van der Waals surface area (Å²) in [5.74, 6) is 1.80. The predicted molar refractivity (Wildman–Crippen MR) is 131 cm³/mol. The van der Waals surface area contributed by atoms with Crippen LogP contribution in [0.25, 0.3) is 0 Å². The van der Waals surface area contributed by atoms with Crippen molar-refractivity contribution in [3.8, 4) is 11.5 Å². The number of ether oxygens (including phenoxy) is 2. The van der Waals surface area contributed by atoms with E-state index in [4.69, 9.17) is 9.47 Å². The lowest BCUT2D eigenvalue weighted by Crippen LogP contribution is -2.02. The van der Waals surface area contributed by atoms with Gasteiger partial charge in [-0.15, -0.1) is 0 Å². The van der Waals surface area contributed by atoms with Crippen LogP contribution in [0.3, 0.4) is 0 Å². The van der Waals surface area contributed by atoms with Crippen molar-refractivity contribution < 1.29 is 9.47 Å². The number of benzene rings is 3. The second kappa shape index (κ2) is 10.9. The molecule has 0 fully saturated rings. The Bertz CT molecular complexity index is 1190. The van der Waals surface area contributed by atoms with E-state index in [9.17, 15) is 0 Å². The minimum Gasteiger partial charge on any atom is -0.485 e. The van der Waals surface area contributed by atoms with E-state index in [0.717, 1.165) is 28.1 Å². The number of aromatic nitrogens is 2. The third-order valence-corrected chi connectivity index (χ3v) is 4.80. The highest BCUT2D eigenvalue weighted by Crippen LogP contribution is 2.29. The number of hydrogen-bond acceptors (Lipinski definition) is 6. The fourth-order valence-corrected chi connectivity index (χ4v) is 3.25.